The highest BCUT2D eigenvalue weighted by molar-refractivity contribution is 6.31. The van der Waals surface area contributed by atoms with Gasteiger partial charge in [0.05, 0.1) is 0 Å². The molecule has 1 aliphatic rings. The zero-order valence-corrected chi connectivity index (χ0v) is 14.3. The van der Waals surface area contributed by atoms with E-state index in [1.54, 1.807) is 24.3 Å². The Kier molecular flexibility index (Phi) is 4.95. The number of carbonyl (C=O) groups is 2. The molecule has 5 nitrogen and oxygen atoms in total. The van der Waals surface area contributed by atoms with E-state index in [0.29, 0.717) is 23.6 Å². The van der Waals surface area contributed by atoms with Gasteiger partial charge in [0.15, 0.2) is 0 Å². The van der Waals surface area contributed by atoms with E-state index in [1.807, 2.05) is 30.3 Å². The molecular formula is C19H18ClNO4. The minimum absolute atomic E-state index is 0.0414. The highest BCUT2D eigenvalue weighted by atomic mass is 35.5. The average molecular weight is 360 g/mol. The van der Waals surface area contributed by atoms with Crippen molar-refractivity contribution in [3.05, 3.63) is 70.7 Å². The lowest BCUT2D eigenvalue weighted by Crippen LogP contribution is -2.40. The topological polar surface area (TPSA) is 66.8 Å². The van der Waals surface area contributed by atoms with Crippen molar-refractivity contribution in [3.63, 3.8) is 0 Å². The standard InChI is InChI=1S/C19H18ClNO4/c20-16-9-5-4-8-15(16)19(17(22)23)10-11-21(13-19)18(24)25-12-14-6-2-1-3-7-14/h1-9H,10-13H2,(H,22,23). The highest BCUT2D eigenvalue weighted by Crippen LogP contribution is 2.38. The summed E-state index contributed by atoms with van der Waals surface area (Å²) in [6.45, 7) is 0.507. The Bertz CT molecular complexity index is 780. The van der Waals surface area contributed by atoms with Crippen molar-refractivity contribution in [2.75, 3.05) is 13.1 Å². The fourth-order valence-corrected chi connectivity index (χ4v) is 3.45. The van der Waals surface area contributed by atoms with Crippen LogP contribution in [0.1, 0.15) is 17.5 Å². The second kappa shape index (κ2) is 7.15. The van der Waals surface area contributed by atoms with Crippen LogP contribution in [0, 0.1) is 0 Å². The first-order valence-corrected chi connectivity index (χ1v) is 8.35. The number of amides is 1. The van der Waals surface area contributed by atoms with Crippen LogP contribution in [0.25, 0.3) is 0 Å². The van der Waals surface area contributed by atoms with Crippen LogP contribution in [0.3, 0.4) is 0 Å². The summed E-state index contributed by atoms with van der Waals surface area (Å²) >= 11 is 6.21. The number of benzene rings is 2. The van der Waals surface area contributed by atoms with E-state index >= 15 is 0 Å². The van der Waals surface area contributed by atoms with Crippen LogP contribution in [0.5, 0.6) is 0 Å². The first-order valence-electron chi connectivity index (χ1n) is 7.97. The molecule has 1 aliphatic heterocycles. The molecular weight excluding hydrogens is 342 g/mol. The predicted molar refractivity (Wildman–Crippen MR) is 93.6 cm³/mol. The van der Waals surface area contributed by atoms with Gasteiger partial charge in [0.2, 0.25) is 0 Å². The molecule has 0 spiro atoms. The summed E-state index contributed by atoms with van der Waals surface area (Å²) < 4.78 is 5.31. The lowest BCUT2D eigenvalue weighted by molar-refractivity contribution is -0.143. The summed E-state index contributed by atoms with van der Waals surface area (Å²) in [5.41, 5.74) is 0.206. The summed E-state index contributed by atoms with van der Waals surface area (Å²) in [4.78, 5) is 25.7. The molecule has 1 saturated heterocycles. The molecule has 0 saturated carbocycles. The Morgan fingerprint density at radius 2 is 1.80 bits per heavy atom. The van der Waals surface area contributed by atoms with E-state index in [9.17, 15) is 14.7 Å². The molecule has 0 bridgehead atoms. The Labute approximate surface area is 150 Å². The molecule has 6 heteroatoms. The van der Waals surface area contributed by atoms with Crippen LogP contribution >= 0.6 is 11.6 Å². The molecule has 130 valence electrons. The second-order valence-corrected chi connectivity index (χ2v) is 6.49. The van der Waals surface area contributed by atoms with Crippen molar-refractivity contribution in [2.24, 2.45) is 0 Å². The monoisotopic (exact) mass is 359 g/mol. The van der Waals surface area contributed by atoms with Crippen molar-refractivity contribution in [1.29, 1.82) is 0 Å². The Balaban J connectivity index is 1.73. The second-order valence-electron chi connectivity index (χ2n) is 6.08. The maximum absolute atomic E-state index is 12.3. The van der Waals surface area contributed by atoms with Crippen LogP contribution in [-0.2, 0) is 21.6 Å². The van der Waals surface area contributed by atoms with Crippen LogP contribution in [0.15, 0.2) is 54.6 Å². The first-order chi connectivity index (χ1) is 12.0. The highest BCUT2D eigenvalue weighted by Gasteiger charge is 2.49. The molecule has 1 amide bonds. The third-order valence-corrected chi connectivity index (χ3v) is 4.86. The third-order valence-electron chi connectivity index (χ3n) is 4.53. The molecule has 1 atom stereocenters. The molecule has 3 rings (SSSR count). The molecule has 1 heterocycles. The normalized spacial score (nSPS) is 19.6. The zero-order chi connectivity index (χ0) is 17.9. The largest absolute Gasteiger partial charge is 0.481 e. The number of rotatable bonds is 4. The summed E-state index contributed by atoms with van der Waals surface area (Å²) in [6.07, 6.45) is -0.217. The van der Waals surface area contributed by atoms with Crippen LogP contribution in [-0.4, -0.2) is 35.2 Å². The van der Waals surface area contributed by atoms with Crippen LogP contribution in [0.2, 0.25) is 5.02 Å². The molecule has 0 aliphatic carbocycles. The Morgan fingerprint density at radius 1 is 1.12 bits per heavy atom. The van der Waals surface area contributed by atoms with Gasteiger partial charge in [-0.25, -0.2) is 4.79 Å². The number of ether oxygens (including phenoxy) is 1. The van der Waals surface area contributed by atoms with Crippen molar-refractivity contribution < 1.29 is 19.4 Å². The number of carbonyl (C=O) groups excluding carboxylic acids is 1. The lowest BCUT2D eigenvalue weighted by Gasteiger charge is -2.26. The van der Waals surface area contributed by atoms with E-state index in [0.717, 1.165) is 5.56 Å². The van der Waals surface area contributed by atoms with Crippen LogP contribution in [0.4, 0.5) is 4.79 Å². The molecule has 0 radical (unpaired) electrons. The Hall–Kier alpha value is -2.53. The maximum Gasteiger partial charge on any atom is 0.410 e. The van der Waals surface area contributed by atoms with Gasteiger partial charge in [-0.15, -0.1) is 0 Å². The van der Waals surface area contributed by atoms with Gasteiger partial charge in [-0.05, 0) is 23.6 Å². The molecule has 2 aromatic rings. The van der Waals surface area contributed by atoms with Gasteiger partial charge in [-0.3, -0.25) is 4.79 Å². The minimum atomic E-state index is -1.20. The summed E-state index contributed by atoms with van der Waals surface area (Å²) in [5, 5.41) is 10.2. The van der Waals surface area contributed by atoms with Gasteiger partial charge in [-0.2, -0.15) is 0 Å². The average Bonchev–Trinajstić information content (AvgIpc) is 3.08. The van der Waals surface area contributed by atoms with Crippen molar-refractivity contribution >= 4 is 23.7 Å². The predicted octanol–water partition coefficient (Wildman–Crippen LogP) is 3.70. The fraction of sp³-hybridized carbons (Fsp3) is 0.263. The number of carboxylic acid groups (broad SMARTS) is 1. The Morgan fingerprint density at radius 3 is 2.48 bits per heavy atom. The van der Waals surface area contributed by atoms with Gasteiger partial charge in [0, 0.05) is 18.1 Å². The molecule has 25 heavy (non-hydrogen) atoms. The summed E-state index contributed by atoms with van der Waals surface area (Å²) in [6, 6.07) is 16.2. The summed E-state index contributed by atoms with van der Waals surface area (Å²) in [7, 11) is 0. The van der Waals surface area contributed by atoms with Crippen molar-refractivity contribution in [3.8, 4) is 0 Å². The van der Waals surface area contributed by atoms with Crippen molar-refractivity contribution in [1.82, 2.24) is 4.90 Å². The van der Waals surface area contributed by atoms with E-state index < -0.39 is 17.5 Å². The summed E-state index contributed by atoms with van der Waals surface area (Å²) in [5.74, 6) is -0.987. The van der Waals surface area contributed by atoms with Gasteiger partial charge < -0.3 is 14.7 Å². The molecule has 2 aromatic carbocycles. The number of aliphatic carboxylic acids is 1. The van der Waals surface area contributed by atoms with E-state index in [2.05, 4.69) is 0 Å². The number of carboxylic acids is 1. The van der Waals surface area contributed by atoms with Gasteiger partial charge in [-0.1, -0.05) is 60.1 Å². The van der Waals surface area contributed by atoms with Gasteiger partial charge in [0.1, 0.15) is 12.0 Å². The lowest BCUT2D eigenvalue weighted by atomic mass is 9.79. The van der Waals surface area contributed by atoms with E-state index in [-0.39, 0.29) is 13.2 Å². The van der Waals surface area contributed by atoms with Gasteiger partial charge >= 0.3 is 12.1 Å². The van der Waals surface area contributed by atoms with Crippen molar-refractivity contribution in [2.45, 2.75) is 18.4 Å². The molecule has 1 N–H and O–H groups in total. The number of likely N-dealkylation sites (tertiary alicyclic amines) is 1. The van der Waals surface area contributed by atoms with E-state index in [4.69, 9.17) is 16.3 Å². The quantitative estimate of drug-likeness (QED) is 0.903. The number of halogens is 1. The maximum atomic E-state index is 12.3. The first kappa shape index (κ1) is 17.3. The third kappa shape index (κ3) is 3.46. The number of hydrogen-bond acceptors (Lipinski definition) is 3. The molecule has 1 fully saturated rings. The van der Waals surface area contributed by atoms with E-state index in [1.165, 1.54) is 4.90 Å². The zero-order valence-electron chi connectivity index (χ0n) is 13.5. The molecule has 1 unspecified atom stereocenters. The number of hydrogen-bond donors (Lipinski definition) is 1. The molecule has 0 aromatic heterocycles. The fourth-order valence-electron chi connectivity index (χ4n) is 3.14. The minimum Gasteiger partial charge on any atom is -0.481 e. The number of nitrogens with zero attached hydrogens (tertiary/aromatic N) is 1. The van der Waals surface area contributed by atoms with Crippen LogP contribution < -0.4 is 0 Å². The van der Waals surface area contributed by atoms with Gasteiger partial charge in [0.25, 0.3) is 0 Å². The smallest absolute Gasteiger partial charge is 0.410 e. The SMILES string of the molecule is O=C(OCc1ccccc1)N1CCC(C(=O)O)(c2ccccc2Cl)C1.